The second-order valence-electron chi connectivity index (χ2n) is 8.89. The summed E-state index contributed by atoms with van der Waals surface area (Å²) in [4.78, 5) is 13.4. The lowest BCUT2D eigenvalue weighted by atomic mass is 9.88. The molecule has 0 spiro atoms. The summed E-state index contributed by atoms with van der Waals surface area (Å²) in [7, 11) is 1.67. The van der Waals surface area contributed by atoms with Gasteiger partial charge < -0.3 is 9.47 Å². The molecule has 1 aliphatic carbocycles. The summed E-state index contributed by atoms with van der Waals surface area (Å²) >= 11 is 0. The van der Waals surface area contributed by atoms with E-state index in [-0.39, 0.29) is 12.0 Å². The first-order valence-corrected chi connectivity index (χ1v) is 10.5. The molecule has 156 valence electrons. The number of carbonyl (C=O) groups excluding carboxylic acids is 1. The maximum Gasteiger partial charge on any atom is 0.419 e. The molecule has 0 saturated heterocycles. The summed E-state index contributed by atoms with van der Waals surface area (Å²) in [5.41, 5.74) is 5.79. The molecular formula is C27H25NO3. The Bertz CT molecular complexity index is 1290. The van der Waals surface area contributed by atoms with E-state index in [4.69, 9.17) is 9.47 Å². The number of para-hydroxylation sites is 1. The van der Waals surface area contributed by atoms with Crippen molar-refractivity contribution in [3.05, 3.63) is 89.5 Å². The van der Waals surface area contributed by atoms with Gasteiger partial charge in [-0.25, -0.2) is 9.36 Å². The van der Waals surface area contributed by atoms with Crippen LogP contribution in [0.25, 0.3) is 22.2 Å². The van der Waals surface area contributed by atoms with Crippen LogP contribution in [0.1, 0.15) is 43.4 Å². The molecule has 0 bridgehead atoms. The normalized spacial score (nSPS) is 14.9. The number of aromatic nitrogens is 1. The molecule has 3 aromatic carbocycles. The molecule has 0 aliphatic heterocycles. The minimum atomic E-state index is -0.581. The van der Waals surface area contributed by atoms with Crippen molar-refractivity contribution in [3.8, 4) is 17.0 Å². The second-order valence-corrected chi connectivity index (χ2v) is 8.89. The SMILES string of the molecule is COc1ccc([C@H]2c3ccccc3-c3c2c2ccccc2n3C(=O)OC(C)(C)C)cc1. The Morgan fingerprint density at radius 2 is 1.58 bits per heavy atom. The zero-order valence-corrected chi connectivity index (χ0v) is 18.2. The first-order valence-electron chi connectivity index (χ1n) is 10.5. The van der Waals surface area contributed by atoms with Crippen LogP contribution in [0.15, 0.2) is 72.8 Å². The first kappa shape index (κ1) is 19.4. The number of hydrogen-bond donors (Lipinski definition) is 0. The summed E-state index contributed by atoms with van der Waals surface area (Å²) < 4.78 is 12.9. The van der Waals surface area contributed by atoms with Crippen molar-refractivity contribution in [2.45, 2.75) is 32.3 Å². The Labute approximate surface area is 182 Å². The molecule has 0 radical (unpaired) electrons. The number of benzene rings is 3. The van der Waals surface area contributed by atoms with E-state index in [2.05, 4.69) is 36.4 Å². The highest BCUT2D eigenvalue weighted by molar-refractivity contribution is 6.03. The molecule has 0 saturated carbocycles. The largest absolute Gasteiger partial charge is 0.497 e. The predicted octanol–water partition coefficient (Wildman–Crippen LogP) is 6.59. The molecule has 0 fully saturated rings. The van der Waals surface area contributed by atoms with Crippen molar-refractivity contribution in [2.24, 2.45) is 0 Å². The van der Waals surface area contributed by atoms with E-state index in [0.717, 1.165) is 33.5 Å². The van der Waals surface area contributed by atoms with Crippen LogP contribution in [-0.2, 0) is 4.74 Å². The molecule has 1 heterocycles. The third kappa shape index (κ3) is 3.10. The molecule has 0 unspecified atom stereocenters. The van der Waals surface area contributed by atoms with Crippen LogP contribution < -0.4 is 4.74 Å². The average Bonchev–Trinajstić information content (AvgIpc) is 3.25. The Morgan fingerprint density at radius 3 is 2.29 bits per heavy atom. The smallest absolute Gasteiger partial charge is 0.419 e. The van der Waals surface area contributed by atoms with Gasteiger partial charge in [0.15, 0.2) is 0 Å². The third-order valence-electron chi connectivity index (χ3n) is 5.75. The Balaban J connectivity index is 1.81. The second kappa shape index (κ2) is 7.02. The number of nitrogens with zero attached hydrogens (tertiary/aromatic N) is 1. The Kier molecular flexibility index (Phi) is 4.40. The van der Waals surface area contributed by atoms with E-state index in [1.807, 2.05) is 57.2 Å². The lowest BCUT2D eigenvalue weighted by Crippen LogP contribution is -2.27. The first-order chi connectivity index (χ1) is 14.9. The molecule has 4 aromatic rings. The molecule has 0 amide bonds. The standard InChI is InChI=1S/C27H25NO3/c1-27(2,3)31-26(29)28-22-12-8-7-11-21(22)24-23(17-13-15-18(30-4)16-14-17)19-9-5-6-10-20(19)25(24)28/h5-16,23H,1-4H3/t23-/m0/s1. The summed E-state index contributed by atoms with van der Waals surface area (Å²) in [6.07, 6.45) is -0.352. The molecule has 0 N–H and O–H groups in total. The summed E-state index contributed by atoms with van der Waals surface area (Å²) in [5.74, 6) is 0.858. The van der Waals surface area contributed by atoms with E-state index < -0.39 is 5.60 Å². The van der Waals surface area contributed by atoms with Crippen molar-refractivity contribution in [1.29, 1.82) is 0 Å². The highest BCUT2D eigenvalue weighted by atomic mass is 16.6. The third-order valence-corrected chi connectivity index (χ3v) is 5.75. The number of carbonyl (C=O) groups is 1. The monoisotopic (exact) mass is 411 g/mol. The molecule has 1 aromatic heterocycles. The van der Waals surface area contributed by atoms with Crippen molar-refractivity contribution >= 4 is 17.0 Å². The molecule has 5 rings (SSSR count). The summed E-state index contributed by atoms with van der Waals surface area (Å²) in [6, 6.07) is 24.6. The van der Waals surface area contributed by atoms with E-state index in [1.54, 1.807) is 11.7 Å². The van der Waals surface area contributed by atoms with E-state index >= 15 is 0 Å². The molecule has 1 atom stereocenters. The van der Waals surface area contributed by atoms with Gasteiger partial charge in [-0.2, -0.15) is 0 Å². The van der Waals surface area contributed by atoms with Gasteiger partial charge in [-0.15, -0.1) is 0 Å². The molecule has 1 aliphatic rings. The molecule has 4 nitrogen and oxygen atoms in total. The summed E-state index contributed by atoms with van der Waals surface area (Å²) in [6.45, 7) is 5.68. The Morgan fingerprint density at radius 1 is 0.903 bits per heavy atom. The Hall–Kier alpha value is -3.53. The van der Waals surface area contributed by atoms with Gasteiger partial charge in [-0.05, 0) is 55.7 Å². The highest BCUT2D eigenvalue weighted by Crippen LogP contribution is 2.52. The van der Waals surface area contributed by atoms with Gasteiger partial charge in [0.2, 0.25) is 0 Å². The number of rotatable bonds is 2. The van der Waals surface area contributed by atoms with E-state index in [1.165, 1.54) is 11.1 Å². The molecular weight excluding hydrogens is 386 g/mol. The fraction of sp³-hybridized carbons (Fsp3) is 0.222. The fourth-order valence-corrected chi connectivity index (χ4v) is 4.58. The lowest BCUT2D eigenvalue weighted by Gasteiger charge is -2.21. The zero-order valence-electron chi connectivity index (χ0n) is 18.2. The zero-order chi connectivity index (χ0) is 21.8. The predicted molar refractivity (Wildman–Crippen MR) is 123 cm³/mol. The van der Waals surface area contributed by atoms with Gasteiger partial charge in [0.05, 0.1) is 18.3 Å². The van der Waals surface area contributed by atoms with Gasteiger partial charge in [0.25, 0.3) is 0 Å². The minimum absolute atomic E-state index is 0.0330. The topological polar surface area (TPSA) is 40.5 Å². The van der Waals surface area contributed by atoms with Gasteiger partial charge >= 0.3 is 6.09 Å². The van der Waals surface area contributed by atoms with Gasteiger partial charge in [0.1, 0.15) is 11.4 Å². The van der Waals surface area contributed by atoms with Crippen LogP contribution in [0.2, 0.25) is 0 Å². The quantitative estimate of drug-likeness (QED) is 0.329. The number of hydrogen-bond acceptors (Lipinski definition) is 3. The lowest BCUT2D eigenvalue weighted by molar-refractivity contribution is 0.0547. The molecule has 31 heavy (non-hydrogen) atoms. The van der Waals surface area contributed by atoms with Crippen molar-refractivity contribution in [2.75, 3.05) is 7.11 Å². The van der Waals surface area contributed by atoms with Crippen LogP contribution in [0.5, 0.6) is 5.75 Å². The van der Waals surface area contributed by atoms with Crippen LogP contribution in [0.4, 0.5) is 4.79 Å². The van der Waals surface area contributed by atoms with Crippen molar-refractivity contribution in [1.82, 2.24) is 4.57 Å². The number of fused-ring (bicyclic) bond motifs is 5. The van der Waals surface area contributed by atoms with Crippen LogP contribution in [0, 0.1) is 0 Å². The molecule has 4 heteroatoms. The summed E-state index contributed by atoms with van der Waals surface area (Å²) in [5, 5.41) is 1.07. The fourth-order valence-electron chi connectivity index (χ4n) is 4.58. The van der Waals surface area contributed by atoms with Crippen LogP contribution >= 0.6 is 0 Å². The van der Waals surface area contributed by atoms with E-state index in [9.17, 15) is 4.79 Å². The number of methoxy groups -OCH3 is 1. The van der Waals surface area contributed by atoms with Crippen LogP contribution in [-0.4, -0.2) is 23.4 Å². The van der Waals surface area contributed by atoms with Crippen molar-refractivity contribution in [3.63, 3.8) is 0 Å². The van der Waals surface area contributed by atoms with Gasteiger partial charge in [-0.1, -0.05) is 54.6 Å². The van der Waals surface area contributed by atoms with Gasteiger partial charge in [-0.3, -0.25) is 0 Å². The van der Waals surface area contributed by atoms with Crippen molar-refractivity contribution < 1.29 is 14.3 Å². The maximum atomic E-state index is 13.4. The minimum Gasteiger partial charge on any atom is -0.497 e. The highest BCUT2D eigenvalue weighted by Gasteiger charge is 2.37. The van der Waals surface area contributed by atoms with Gasteiger partial charge in [0, 0.05) is 16.9 Å². The maximum absolute atomic E-state index is 13.4. The van der Waals surface area contributed by atoms with Crippen LogP contribution in [0.3, 0.4) is 0 Å². The number of ether oxygens (including phenoxy) is 2. The van der Waals surface area contributed by atoms with E-state index in [0.29, 0.717) is 0 Å². The average molecular weight is 412 g/mol.